The molecule has 0 spiro atoms. The highest BCUT2D eigenvalue weighted by Gasteiger charge is 2.22. The number of para-hydroxylation sites is 1. The van der Waals surface area contributed by atoms with E-state index in [0.717, 1.165) is 15.9 Å². The van der Waals surface area contributed by atoms with Gasteiger partial charge >= 0.3 is 0 Å². The Hall–Kier alpha value is -2.43. The number of nitrogens with zero attached hydrogens (tertiary/aromatic N) is 3. The molecule has 0 saturated heterocycles. The molecule has 138 valence electrons. The summed E-state index contributed by atoms with van der Waals surface area (Å²) >= 11 is 2.79. The molecule has 1 amide bonds. The molecule has 0 radical (unpaired) electrons. The van der Waals surface area contributed by atoms with Gasteiger partial charge < -0.3 is 5.32 Å². The van der Waals surface area contributed by atoms with E-state index in [1.165, 1.54) is 23.1 Å². The first kappa shape index (κ1) is 19.3. The Morgan fingerprint density at radius 1 is 1.26 bits per heavy atom. The topological polar surface area (TPSA) is 78.7 Å². The van der Waals surface area contributed by atoms with Crippen molar-refractivity contribution in [2.24, 2.45) is 0 Å². The summed E-state index contributed by atoms with van der Waals surface area (Å²) in [5.74, 6) is 0.135. The highest BCUT2D eigenvalue weighted by molar-refractivity contribution is 8.00. The molecule has 1 aromatic carbocycles. The number of aromatic nitrogens is 2. The summed E-state index contributed by atoms with van der Waals surface area (Å²) in [7, 11) is 0. The number of thioether (sulfide) groups is 1. The number of pyridine rings is 1. The number of nitrogens with one attached hydrogen (secondary N) is 1. The predicted octanol–water partition coefficient (Wildman–Crippen LogP) is 5.20. The van der Waals surface area contributed by atoms with Gasteiger partial charge in [0.15, 0.2) is 5.13 Å². The predicted molar refractivity (Wildman–Crippen MR) is 111 cm³/mol. The molecule has 0 saturated carbocycles. The number of rotatable bonds is 6. The van der Waals surface area contributed by atoms with Gasteiger partial charge in [0.2, 0.25) is 5.91 Å². The van der Waals surface area contributed by atoms with Crippen LogP contribution in [0.2, 0.25) is 0 Å². The van der Waals surface area contributed by atoms with Crippen LogP contribution in [0.4, 0.5) is 5.13 Å². The Morgan fingerprint density at radius 2 is 2.04 bits per heavy atom. The number of hydrogen-bond acceptors (Lipinski definition) is 6. The fourth-order valence-electron chi connectivity index (χ4n) is 2.52. The molecule has 0 aliphatic heterocycles. The monoisotopic (exact) mass is 396 g/mol. The summed E-state index contributed by atoms with van der Waals surface area (Å²) in [6, 6.07) is 13.6. The third-order valence-corrected chi connectivity index (χ3v) is 6.35. The second-order valence-electron chi connectivity index (χ2n) is 6.35. The van der Waals surface area contributed by atoms with Crippen molar-refractivity contribution in [3.05, 3.63) is 47.7 Å². The third kappa shape index (κ3) is 4.46. The van der Waals surface area contributed by atoms with Crippen molar-refractivity contribution in [1.29, 1.82) is 5.26 Å². The van der Waals surface area contributed by atoms with Crippen molar-refractivity contribution in [3.8, 4) is 6.07 Å². The average Bonchev–Trinajstić information content (AvgIpc) is 3.07. The van der Waals surface area contributed by atoms with Gasteiger partial charge in [0.05, 0.1) is 21.0 Å². The molecule has 1 N–H and O–H groups in total. The van der Waals surface area contributed by atoms with Crippen LogP contribution in [0, 0.1) is 11.3 Å². The van der Waals surface area contributed by atoms with Crippen LogP contribution in [0.25, 0.3) is 10.2 Å². The summed E-state index contributed by atoms with van der Waals surface area (Å²) in [6.45, 7) is 6.06. The van der Waals surface area contributed by atoms with E-state index in [1.54, 1.807) is 6.07 Å². The van der Waals surface area contributed by atoms with Crippen molar-refractivity contribution < 1.29 is 4.79 Å². The smallest absolute Gasteiger partial charge is 0.239 e. The van der Waals surface area contributed by atoms with Crippen LogP contribution in [0.3, 0.4) is 0 Å². The van der Waals surface area contributed by atoms with E-state index < -0.39 is 0 Å². The fraction of sp³-hybridized carbons (Fsp3) is 0.300. The zero-order valence-electron chi connectivity index (χ0n) is 15.4. The third-order valence-electron chi connectivity index (χ3n) is 4.03. The largest absolute Gasteiger partial charge is 0.301 e. The van der Waals surface area contributed by atoms with Gasteiger partial charge in [-0.25, -0.2) is 9.97 Å². The summed E-state index contributed by atoms with van der Waals surface area (Å²) in [5.41, 5.74) is 2.28. The van der Waals surface area contributed by atoms with Gasteiger partial charge in [-0.2, -0.15) is 5.26 Å². The molecule has 3 rings (SSSR count). The Kier molecular flexibility index (Phi) is 6.09. The van der Waals surface area contributed by atoms with E-state index in [9.17, 15) is 10.1 Å². The first-order valence-corrected chi connectivity index (χ1v) is 10.5. The maximum absolute atomic E-state index is 12.8. The molecule has 5 nitrogen and oxygen atoms in total. The summed E-state index contributed by atoms with van der Waals surface area (Å²) in [5, 5.41) is 13.1. The normalized spacial score (nSPS) is 12.1. The Balaban J connectivity index is 1.79. The van der Waals surface area contributed by atoms with Crippen LogP contribution < -0.4 is 5.32 Å². The molecule has 27 heavy (non-hydrogen) atoms. The molecule has 3 aromatic rings. The van der Waals surface area contributed by atoms with Crippen molar-refractivity contribution in [3.63, 3.8) is 0 Å². The Morgan fingerprint density at radius 3 is 2.70 bits per heavy atom. The van der Waals surface area contributed by atoms with Gasteiger partial charge in [0.25, 0.3) is 0 Å². The molecule has 0 aliphatic rings. The van der Waals surface area contributed by atoms with Crippen LogP contribution in [0.1, 0.15) is 44.4 Å². The standard InChI is InChI=1S/C20H20N4OS2/c1-4-16(26-19-13(11-21)9-10-14(22-19)12(2)3)18(25)24-20-23-15-7-5-6-8-17(15)27-20/h5-10,12,16H,4H2,1-3H3,(H,23,24,25). The molecular weight excluding hydrogens is 376 g/mol. The molecule has 0 aliphatic carbocycles. The highest BCUT2D eigenvalue weighted by Crippen LogP contribution is 2.31. The van der Waals surface area contributed by atoms with Gasteiger partial charge in [0.1, 0.15) is 11.1 Å². The Bertz CT molecular complexity index is 974. The number of fused-ring (bicyclic) bond motifs is 1. The molecule has 1 unspecified atom stereocenters. The van der Waals surface area contributed by atoms with E-state index in [-0.39, 0.29) is 17.1 Å². The number of anilines is 1. The lowest BCUT2D eigenvalue weighted by atomic mass is 10.1. The number of thiazole rings is 1. The first-order valence-electron chi connectivity index (χ1n) is 8.76. The summed E-state index contributed by atoms with van der Waals surface area (Å²) < 4.78 is 1.03. The highest BCUT2D eigenvalue weighted by atomic mass is 32.2. The number of benzene rings is 1. The number of carbonyl (C=O) groups excluding carboxylic acids is 1. The number of amides is 1. The van der Waals surface area contributed by atoms with Gasteiger partial charge in [-0.1, -0.05) is 56.0 Å². The van der Waals surface area contributed by atoms with Gasteiger partial charge in [-0.15, -0.1) is 0 Å². The number of hydrogen-bond donors (Lipinski definition) is 1. The van der Waals surface area contributed by atoms with Gasteiger partial charge in [-0.05, 0) is 36.6 Å². The molecular formula is C20H20N4OS2. The average molecular weight is 397 g/mol. The quantitative estimate of drug-likeness (QED) is 0.580. The maximum atomic E-state index is 12.8. The van der Waals surface area contributed by atoms with Crippen LogP contribution in [-0.2, 0) is 4.79 Å². The summed E-state index contributed by atoms with van der Waals surface area (Å²) in [6.07, 6.45) is 0.625. The molecule has 2 heterocycles. The van der Waals surface area contributed by atoms with E-state index >= 15 is 0 Å². The van der Waals surface area contributed by atoms with Gasteiger partial charge in [-0.3, -0.25) is 4.79 Å². The minimum Gasteiger partial charge on any atom is -0.301 e. The van der Waals surface area contributed by atoms with E-state index in [4.69, 9.17) is 0 Å². The second kappa shape index (κ2) is 8.51. The molecule has 0 fully saturated rings. The Labute approximate surface area is 166 Å². The lowest BCUT2D eigenvalue weighted by molar-refractivity contribution is -0.115. The second-order valence-corrected chi connectivity index (χ2v) is 8.57. The molecule has 0 bridgehead atoms. The van der Waals surface area contributed by atoms with Crippen molar-refractivity contribution in [2.75, 3.05) is 5.32 Å². The number of carbonyl (C=O) groups is 1. The zero-order chi connectivity index (χ0) is 19.4. The van der Waals surface area contributed by atoms with E-state index in [1.807, 2.05) is 37.3 Å². The number of nitriles is 1. The molecule has 7 heteroatoms. The molecule has 1 atom stereocenters. The van der Waals surface area contributed by atoms with E-state index in [0.29, 0.717) is 22.1 Å². The SMILES string of the molecule is CCC(Sc1nc(C(C)C)ccc1C#N)C(=O)Nc1nc2ccccc2s1. The van der Waals surface area contributed by atoms with Gasteiger partial charge in [0, 0.05) is 5.69 Å². The fourth-order valence-corrected chi connectivity index (χ4v) is 4.39. The molecule has 2 aromatic heterocycles. The minimum atomic E-state index is -0.348. The zero-order valence-corrected chi connectivity index (χ0v) is 17.0. The van der Waals surface area contributed by atoms with Crippen molar-refractivity contribution in [1.82, 2.24) is 9.97 Å². The summed E-state index contributed by atoms with van der Waals surface area (Å²) in [4.78, 5) is 21.8. The minimum absolute atomic E-state index is 0.123. The maximum Gasteiger partial charge on any atom is 0.239 e. The van der Waals surface area contributed by atoms with Crippen molar-refractivity contribution >= 4 is 44.4 Å². The van der Waals surface area contributed by atoms with Crippen LogP contribution >= 0.6 is 23.1 Å². The van der Waals surface area contributed by atoms with Crippen LogP contribution in [0.15, 0.2) is 41.4 Å². The van der Waals surface area contributed by atoms with E-state index in [2.05, 4.69) is 35.2 Å². The lowest BCUT2D eigenvalue weighted by Crippen LogP contribution is -2.24. The first-order chi connectivity index (χ1) is 13.0. The van der Waals surface area contributed by atoms with Crippen LogP contribution in [-0.4, -0.2) is 21.1 Å². The van der Waals surface area contributed by atoms with Crippen LogP contribution in [0.5, 0.6) is 0 Å². The van der Waals surface area contributed by atoms with Crippen molar-refractivity contribution in [2.45, 2.75) is 43.4 Å². The lowest BCUT2D eigenvalue weighted by Gasteiger charge is -2.15.